The Hall–Kier alpha value is -2.14. The minimum Gasteiger partial charge on any atom is -0.339 e. The molecule has 0 N–H and O–H groups in total. The molecule has 2 heterocycles. The van der Waals surface area contributed by atoms with Crippen LogP contribution in [0.5, 0.6) is 0 Å². The molecule has 0 unspecified atom stereocenters. The number of fused-ring (bicyclic) bond motifs is 1. The van der Waals surface area contributed by atoms with Gasteiger partial charge >= 0.3 is 0 Å². The van der Waals surface area contributed by atoms with Gasteiger partial charge in [-0.3, -0.25) is 9.59 Å². The van der Waals surface area contributed by atoms with Gasteiger partial charge in [-0.15, -0.1) is 0 Å². The van der Waals surface area contributed by atoms with Crippen molar-refractivity contribution in [1.82, 2.24) is 14.4 Å². The first-order valence-corrected chi connectivity index (χ1v) is 7.61. The Labute approximate surface area is 130 Å². The standard InChI is InChI=1S/C17H21N3O2/c1-13-15(12-21)14-5-3-4-6-16(14)20(13)11-17(22)19-9-7-18(2)8-10-19/h3-6,12H,7-11H2,1-2H3. The summed E-state index contributed by atoms with van der Waals surface area (Å²) in [5, 5.41) is 0.918. The molecule has 1 aliphatic rings. The fraction of sp³-hybridized carbons (Fsp3) is 0.412. The van der Waals surface area contributed by atoms with Crippen molar-refractivity contribution in [3.63, 3.8) is 0 Å². The summed E-state index contributed by atoms with van der Waals surface area (Å²) in [4.78, 5) is 28.1. The van der Waals surface area contributed by atoms with E-state index in [2.05, 4.69) is 11.9 Å². The van der Waals surface area contributed by atoms with Gasteiger partial charge in [0.25, 0.3) is 0 Å². The first kappa shape index (κ1) is 14.8. The van der Waals surface area contributed by atoms with E-state index in [1.807, 2.05) is 40.7 Å². The summed E-state index contributed by atoms with van der Waals surface area (Å²) in [6.45, 7) is 5.57. The van der Waals surface area contributed by atoms with Crippen LogP contribution < -0.4 is 0 Å². The van der Waals surface area contributed by atoms with Crippen LogP contribution in [0.2, 0.25) is 0 Å². The largest absolute Gasteiger partial charge is 0.339 e. The number of amides is 1. The molecule has 116 valence electrons. The number of para-hydroxylation sites is 1. The third kappa shape index (κ3) is 2.52. The highest BCUT2D eigenvalue weighted by Gasteiger charge is 2.21. The Bertz CT molecular complexity index is 712. The molecule has 5 heteroatoms. The van der Waals surface area contributed by atoms with E-state index in [-0.39, 0.29) is 5.91 Å². The molecule has 1 aliphatic heterocycles. The van der Waals surface area contributed by atoms with E-state index in [9.17, 15) is 9.59 Å². The highest BCUT2D eigenvalue weighted by atomic mass is 16.2. The predicted octanol–water partition coefficient (Wildman–Crippen LogP) is 1.54. The van der Waals surface area contributed by atoms with Crippen molar-refractivity contribution in [2.45, 2.75) is 13.5 Å². The normalized spacial score (nSPS) is 16.2. The average Bonchev–Trinajstić information content (AvgIpc) is 2.80. The molecule has 0 spiro atoms. The van der Waals surface area contributed by atoms with E-state index in [4.69, 9.17) is 0 Å². The van der Waals surface area contributed by atoms with Gasteiger partial charge < -0.3 is 14.4 Å². The lowest BCUT2D eigenvalue weighted by Crippen LogP contribution is -2.48. The van der Waals surface area contributed by atoms with Gasteiger partial charge in [0, 0.05) is 48.3 Å². The van der Waals surface area contributed by atoms with Crippen molar-refractivity contribution >= 4 is 23.1 Å². The molecule has 0 bridgehead atoms. The molecular formula is C17H21N3O2. The molecule has 1 aromatic carbocycles. The van der Waals surface area contributed by atoms with Crippen LogP contribution in [-0.2, 0) is 11.3 Å². The minimum atomic E-state index is 0.120. The molecule has 0 saturated carbocycles. The molecule has 5 nitrogen and oxygen atoms in total. The number of hydrogen-bond acceptors (Lipinski definition) is 3. The number of aldehydes is 1. The second-order valence-corrected chi connectivity index (χ2v) is 5.90. The second-order valence-electron chi connectivity index (χ2n) is 5.90. The van der Waals surface area contributed by atoms with Crippen LogP contribution >= 0.6 is 0 Å². The predicted molar refractivity (Wildman–Crippen MR) is 86.1 cm³/mol. The van der Waals surface area contributed by atoms with Crippen LogP contribution in [-0.4, -0.2) is 59.8 Å². The van der Waals surface area contributed by atoms with Gasteiger partial charge in [-0.25, -0.2) is 0 Å². The quantitative estimate of drug-likeness (QED) is 0.808. The number of carbonyl (C=O) groups excluding carboxylic acids is 2. The summed E-state index contributed by atoms with van der Waals surface area (Å²) in [6, 6.07) is 7.75. The molecule has 1 fully saturated rings. The topological polar surface area (TPSA) is 45.6 Å². The zero-order chi connectivity index (χ0) is 15.7. The van der Waals surface area contributed by atoms with Crippen LogP contribution in [0.1, 0.15) is 16.1 Å². The number of rotatable bonds is 3. The first-order valence-electron chi connectivity index (χ1n) is 7.61. The second kappa shape index (κ2) is 5.93. The highest BCUT2D eigenvalue weighted by molar-refractivity contribution is 5.99. The Morgan fingerprint density at radius 3 is 2.55 bits per heavy atom. The SMILES string of the molecule is Cc1c(C=O)c2ccccc2n1CC(=O)N1CCN(C)CC1. The third-order valence-corrected chi connectivity index (χ3v) is 4.55. The fourth-order valence-electron chi connectivity index (χ4n) is 3.10. The lowest BCUT2D eigenvalue weighted by Gasteiger charge is -2.32. The molecule has 0 radical (unpaired) electrons. The Morgan fingerprint density at radius 1 is 1.18 bits per heavy atom. The lowest BCUT2D eigenvalue weighted by molar-refractivity contribution is -0.133. The van der Waals surface area contributed by atoms with E-state index in [1.165, 1.54) is 0 Å². The number of likely N-dealkylation sites (N-methyl/N-ethyl adjacent to an activating group) is 1. The van der Waals surface area contributed by atoms with Gasteiger partial charge in [-0.05, 0) is 20.0 Å². The van der Waals surface area contributed by atoms with Crippen molar-refractivity contribution in [3.8, 4) is 0 Å². The number of piperazine rings is 1. The smallest absolute Gasteiger partial charge is 0.242 e. The van der Waals surface area contributed by atoms with Crippen molar-refractivity contribution in [1.29, 1.82) is 0 Å². The zero-order valence-electron chi connectivity index (χ0n) is 13.1. The molecule has 1 saturated heterocycles. The summed E-state index contributed by atoms with van der Waals surface area (Å²) in [7, 11) is 2.07. The van der Waals surface area contributed by atoms with E-state index in [1.54, 1.807) is 0 Å². The monoisotopic (exact) mass is 299 g/mol. The number of carbonyl (C=O) groups is 2. The fourth-order valence-corrected chi connectivity index (χ4v) is 3.10. The highest BCUT2D eigenvalue weighted by Crippen LogP contribution is 2.24. The summed E-state index contributed by atoms with van der Waals surface area (Å²) in [6.07, 6.45) is 0.883. The lowest BCUT2D eigenvalue weighted by atomic mass is 10.1. The van der Waals surface area contributed by atoms with Gasteiger partial charge in [0.15, 0.2) is 6.29 Å². The van der Waals surface area contributed by atoms with E-state index in [0.717, 1.165) is 49.1 Å². The minimum absolute atomic E-state index is 0.120. The zero-order valence-corrected chi connectivity index (χ0v) is 13.1. The van der Waals surface area contributed by atoms with Gasteiger partial charge in [-0.2, -0.15) is 0 Å². The number of hydrogen-bond donors (Lipinski definition) is 0. The van der Waals surface area contributed by atoms with Gasteiger partial charge in [0.05, 0.1) is 0 Å². The Balaban J connectivity index is 1.89. The van der Waals surface area contributed by atoms with Crippen LogP contribution in [0.15, 0.2) is 24.3 Å². The summed E-state index contributed by atoms with van der Waals surface area (Å²) in [5.41, 5.74) is 2.49. The molecule has 3 rings (SSSR count). The van der Waals surface area contributed by atoms with Crippen LogP contribution in [0.4, 0.5) is 0 Å². The third-order valence-electron chi connectivity index (χ3n) is 4.55. The van der Waals surface area contributed by atoms with Crippen LogP contribution in [0, 0.1) is 6.92 Å². The number of aromatic nitrogens is 1. The molecule has 0 atom stereocenters. The molecular weight excluding hydrogens is 278 g/mol. The van der Waals surface area contributed by atoms with Crippen molar-refractivity contribution in [2.24, 2.45) is 0 Å². The molecule has 0 aliphatic carbocycles. The Morgan fingerprint density at radius 2 is 1.86 bits per heavy atom. The van der Waals surface area contributed by atoms with Crippen LogP contribution in [0.3, 0.4) is 0 Å². The van der Waals surface area contributed by atoms with E-state index >= 15 is 0 Å². The summed E-state index contributed by atoms with van der Waals surface area (Å²) < 4.78 is 1.96. The summed E-state index contributed by atoms with van der Waals surface area (Å²) in [5.74, 6) is 0.120. The first-order chi connectivity index (χ1) is 10.6. The van der Waals surface area contributed by atoms with E-state index in [0.29, 0.717) is 12.1 Å². The maximum Gasteiger partial charge on any atom is 0.242 e. The van der Waals surface area contributed by atoms with Crippen LogP contribution in [0.25, 0.3) is 10.9 Å². The summed E-state index contributed by atoms with van der Waals surface area (Å²) >= 11 is 0. The van der Waals surface area contributed by atoms with Gasteiger partial charge in [-0.1, -0.05) is 18.2 Å². The maximum atomic E-state index is 12.6. The Kier molecular flexibility index (Phi) is 3.98. The number of nitrogens with zero attached hydrogens (tertiary/aromatic N) is 3. The van der Waals surface area contributed by atoms with Crippen molar-refractivity contribution in [3.05, 3.63) is 35.5 Å². The molecule has 22 heavy (non-hydrogen) atoms. The van der Waals surface area contributed by atoms with Crippen molar-refractivity contribution in [2.75, 3.05) is 33.2 Å². The van der Waals surface area contributed by atoms with Gasteiger partial charge in [0.1, 0.15) is 6.54 Å². The number of benzene rings is 1. The van der Waals surface area contributed by atoms with Crippen molar-refractivity contribution < 1.29 is 9.59 Å². The van der Waals surface area contributed by atoms with Gasteiger partial charge in [0.2, 0.25) is 5.91 Å². The average molecular weight is 299 g/mol. The molecule has 1 amide bonds. The molecule has 1 aromatic heterocycles. The van der Waals surface area contributed by atoms with E-state index < -0.39 is 0 Å². The molecule has 2 aromatic rings. The maximum absolute atomic E-state index is 12.6.